The maximum Gasteiger partial charge on any atom is 0.323 e. The van der Waals surface area contributed by atoms with Crippen LogP contribution in [0.25, 0.3) is 17.1 Å². The van der Waals surface area contributed by atoms with Gasteiger partial charge in [-0.1, -0.05) is 178 Å². The quantitative estimate of drug-likeness (QED) is 0.0173. The van der Waals surface area contributed by atoms with Gasteiger partial charge in [-0.05, 0) is 233 Å². The number of aromatic nitrogens is 6. The van der Waals surface area contributed by atoms with Gasteiger partial charge >= 0.3 is 18.1 Å². The van der Waals surface area contributed by atoms with E-state index >= 15 is 0 Å². The summed E-state index contributed by atoms with van der Waals surface area (Å²) >= 11 is 0. The minimum absolute atomic E-state index is 0.0861. The molecule has 3 aliphatic heterocycles. The van der Waals surface area contributed by atoms with Crippen molar-refractivity contribution in [3.8, 4) is 28.6 Å². The molecule has 32 nitrogen and oxygen atoms in total. The Kier molecular flexibility index (Phi) is 39.8. The van der Waals surface area contributed by atoms with E-state index in [0.717, 1.165) is 146 Å². The van der Waals surface area contributed by atoms with Crippen LogP contribution in [-0.2, 0) is 45.3 Å². The molecule has 0 unspecified atom stereocenters. The average molecular weight is 2050 g/mol. The zero-order chi connectivity index (χ0) is 107. The zero-order valence-electron chi connectivity index (χ0n) is 88.0. The van der Waals surface area contributed by atoms with Gasteiger partial charge in [0.15, 0.2) is 28.6 Å². The second kappa shape index (κ2) is 53.5. The SMILES string of the molecule is CCCCN(CCCC)C(=O)c1cc(C)n(-c2ccc(NC(=O)Nc3c(C)cccc3CC)cc2C(=O)N2Cc3ccccc3C[C@H]2CO)n1.CCCCN(CCCC)C(=O)c1cc(C)n(-c2ccc(NC(=O)Nc3cc(F)cc(F)c3)cc2C(=O)N2Cc3ccccc3C[C@H]2CO)n1.CCCCN(CCCC)C(=O)c1cc(C)n(-c2ccc(NC(=O)Nc3ccc(OC)c(OC)c3)cc2C(=O)N2Cc3ccccc3C[C@H]2CO)n1. The number of carbonyl (C=O) groups excluding carboxylic acids is 9. The van der Waals surface area contributed by atoms with Crippen LogP contribution in [0, 0.1) is 39.3 Å². The van der Waals surface area contributed by atoms with Crippen LogP contribution in [0.1, 0.15) is 250 Å². The highest BCUT2D eigenvalue weighted by Gasteiger charge is 2.38. The van der Waals surface area contributed by atoms with Gasteiger partial charge in [-0.3, -0.25) is 28.8 Å². The maximum absolute atomic E-state index is 14.6. The number of rotatable bonds is 39. The Morgan fingerprint density at radius 1 is 0.347 bits per heavy atom. The minimum atomic E-state index is -0.847. The first kappa shape index (κ1) is 112. The van der Waals surface area contributed by atoms with E-state index in [2.05, 4.69) is 78.5 Å². The van der Waals surface area contributed by atoms with E-state index in [0.29, 0.717) is 157 Å². The normalized spacial score (nSPS) is 13.8. The first-order valence-electron chi connectivity index (χ1n) is 52.0. The highest BCUT2D eigenvalue weighted by Crippen LogP contribution is 2.37. The summed E-state index contributed by atoms with van der Waals surface area (Å²) in [4.78, 5) is 135. The third-order valence-electron chi connectivity index (χ3n) is 27.2. The lowest BCUT2D eigenvalue weighted by molar-refractivity contribution is 0.0539. The van der Waals surface area contributed by atoms with Crippen LogP contribution in [-0.4, -0.2) is 219 Å². The summed E-state index contributed by atoms with van der Waals surface area (Å²) in [7, 11) is 3.05. The molecule has 3 aromatic heterocycles. The van der Waals surface area contributed by atoms with Crippen LogP contribution in [0.4, 0.5) is 57.3 Å². The molecule has 9 aromatic carbocycles. The molecule has 6 heterocycles. The number of fused-ring (bicyclic) bond motifs is 3. The summed E-state index contributed by atoms with van der Waals surface area (Å²) in [6.07, 6.45) is 13.4. The number of aryl methyl sites for hydroxylation is 5. The lowest BCUT2D eigenvalue weighted by Gasteiger charge is -2.36. The molecule has 3 atom stereocenters. The minimum Gasteiger partial charge on any atom is -0.493 e. The van der Waals surface area contributed by atoms with Crippen molar-refractivity contribution in [2.24, 2.45) is 0 Å². The maximum atomic E-state index is 14.6. The molecule has 0 saturated carbocycles. The topological polar surface area (TPSA) is 378 Å². The van der Waals surface area contributed by atoms with E-state index in [1.54, 1.807) is 121 Å². The molecular formula is C116H140F2N18O14. The highest BCUT2D eigenvalue weighted by molar-refractivity contribution is 6.07. The molecule has 0 radical (unpaired) electrons. The summed E-state index contributed by atoms with van der Waals surface area (Å²) in [5.74, 6) is -2.23. The number of hydrogen-bond donors (Lipinski definition) is 9. The predicted octanol–water partition coefficient (Wildman–Crippen LogP) is 20.4. The van der Waals surface area contributed by atoms with E-state index < -0.39 is 53.8 Å². The van der Waals surface area contributed by atoms with E-state index in [4.69, 9.17) is 19.7 Å². The van der Waals surface area contributed by atoms with Crippen molar-refractivity contribution in [1.82, 2.24) is 58.7 Å². The number of aliphatic hydroxyl groups excluding tert-OH is 3. The van der Waals surface area contributed by atoms with E-state index in [9.17, 15) is 67.3 Å². The molecule has 0 fully saturated rings. The van der Waals surface area contributed by atoms with Gasteiger partial charge in [0.2, 0.25) is 0 Å². The molecule has 12 amide bonds. The van der Waals surface area contributed by atoms with Crippen molar-refractivity contribution in [1.29, 1.82) is 0 Å². The van der Waals surface area contributed by atoms with Gasteiger partial charge in [0.05, 0.1) is 85.9 Å². The van der Waals surface area contributed by atoms with E-state index in [1.807, 2.05) is 133 Å². The zero-order valence-corrected chi connectivity index (χ0v) is 88.0. The number of aliphatic hydroxyl groups is 3. The number of urea groups is 3. The fourth-order valence-corrected chi connectivity index (χ4v) is 18.9. The van der Waals surface area contributed by atoms with Crippen molar-refractivity contribution in [2.75, 3.05) is 105 Å². The van der Waals surface area contributed by atoms with Crippen molar-refractivity contribution < 1.29 is 76.7 Å². The smallest absolute Gasteiger partial charge is 0.323 e. The third kappa shape index (κ3) is 27.8. The van der Waals surface area contributed by atoms with E-state index in [1.165, 1.54) is 20.3 Å². The molecule has 0 aliphatic carbocycles. The highest BCUT2D eigenvalue weighted by atomic mass is 19.1. The Hall–Kier alpha value is -15.4. The van der Waals surface area contributed by atoms with Crippen molar-refractivity contribution in [3.05, 3.63) is 307 Å². The monoisotopic (exact) mass is 2050 g/mol. The largest absolute Gasteiger partial charge is 0.493 e. The number of hydrogen-bond acceptors (Lipinski definition) is 17. The van der Waals surface area contributed by atoms with Gasteiger partial charge in [-0.2, -0.15) is 15.3 Å². The molecule has 3 aliphatic rings. The summed E-state index contributed by atoms with van der Waals surface area (Å²) in [5, 5.41) is 61.9. The molecule has 0 saturated heterocycles. The fraction of sp³-hybridized carbons (Fsp3) is 0.379. The fourth-order valence-electron chi connectivity index (χ4n) is 18.9. The Morgan fingerprint density at radius 2 is 0.647 bits per heavy atom. The number of halogens is 2. The van der Waals surface area contributed by atoms with Crippen LogP contribution in [0.3, 0.4) is 0 Å². The molecule has 0 bridgehead atoms. The average Bonchev–Trinajstić information content (AvgIpc) is 1.74. The van der Waals surface area contributed by atoms with Gasteiger partial charge in [0.1, 0.15) is 11.6 Å². The lowest BCUT2D eigenvalue weighted by Crippen LogP contribution is -2.46. The second-order valence-corrected chi connectivity index (χ2v) is 38.1. The first-order valence-corrected chi connectivity index (χ1v) is 52.0. The van der Waals surface area contributed by atoms with Gasteiger partial charge in [0.25, 0.3) is 35.4 Å². The Morgan fingerprint density at radius 3 is 0.953 bits per heavy atom. The number of unbranched alkanes of at least 4 members (excludes halogenated alkanes) is 6. The van der Waals surface area contributed by atoms with Crippen LogP contribution in [0.2, 0.25) is 0 Å². The Balaban J connectivity index is 0.000000187. The second-order valence-electron chi connectivity index (χ2n) is 38.1. The van der Waals surface area contributed by atoms with Gasteiger partial charge in [-0.15, -0.1) is 0 Å². The summed E-state index contributed by atoms with van der Waals surface area (Å²) < 4.78 is 42.9. The number of nitrogens with zero attached hydrogens (tertiary/aromatic N) is 12. The van der Waals surface area contributed by atoms with Gasteiger partial charge < -0.3 is 86.1 Å². The summed E-state index contributed by atoms with van der Waals surface area (Å²) in [6, 6.07) is 54.1. The lowest BCUT2D eigenvalue weighted by atomic mass is 9.93. The molecule has 15 rings (SSSR count). The first-order chi connectivity index (χ1) is 72.5. The summed E-state index contributed by atoms with van der Waals surface area (Å²) in [6.45, 7) is 26.1. The predicted molar refractivity (Wildman–Crippen MR) is 579 cm³/mol. The van der Waals surface area contributed by atoms with Crippen molar-refractivity contribution in [3.63, 3.8) is 0 Å². The van der Waals surface area contributed by atoms with E-state index in [-0.39, 0.29) is 84.1 Å². The van der Waals surface area contributed by atoms with Crippen LogP contribution in [0.5, 0.6) is 11.5 Å². The van der Waals surface area contributed by atoms with Crippen LogP contribution >= 0.6 is 0 Å². The number of anilines is 6. The molecule has 0 spiro atoms. The summed E-state index contributed by atoms with van der Waals surface area (Å²) in [5.41, 5.74) is 15.3. The number of para-hydroxylation sites is 1. The molecule has 792 valence electrons. The molecule has 12 aromatic rings. The number of amides is 12. The number of methoxy groups -OCH3 is 2. The van der Waals surface area contributed by atoms with Gasteiger partial charge in [-0.25, -0.2) is 37.2 Å². The molecular weight excluding hydrogens is 1910 g/mol. The Labute approximate surface area is 875 Å². The van der Waals surface area contributed by atoms with Crippen LogP contribution < -0.4 is 41.4 Å². The van der Waals surface area contributed by atoms with Gasteiger partial charge in [0, 0.05) is 122 Å². The number of benzene rings is 9. The Bertz CT molecular complexity index is 6730. The molecule has 150 heavy (non-hydrogen) atoms. The van der Waals surface area contributed by atoms with Crippen LogP contribution in [0.15, 0.2) is 200 Å². The number of carbonyl (C=O) groups is 9. The van der Waals surface area contributed by atoms with Crippen molar-refractivity contribution >= 4 is 87.7 Å². The third-order valence-corrected chi connectivity index (χ3v) is 27.2. The number of nitrogens with one attached hydrogen (secondary N) is 6. The molecule has 34 heteroatoms. The standard InChI is InChI=1S/C40H50N6O4.C39H48N6O6.C37H42F2N6O4/c1-6-9-20-44(21-10-7-2)39(49)35-22-28(5)46(43-35)36-19-18-32(41-40(50)42-37-27(4)14-13-17-29(37)8-3)24-34(36)38(48)45-25-31-16-12-11-15-30(31)23-33(45)26-47;1-6-8-18-43(19-9-7-2)38(48)33-20-26(3)45(42-33)34-16-14-29(40-39(49)41-30-15-17-35(50-4)36(23-30)51-5)22-32(34)37(47)44-24-28-13-11-10-12-27(28)21-31(44)25-46;1-4-6-14-43(15-7-5-2)36(48)33-16-24(3)45(42-33)34-13-12-29(40-37(49)41-30-19-27(38)18-28(39)20-30)21-32(34)35(47)44-22-26-11-9-8-10-25(26)17-31(44)23-46/h11-19,22,24,33,47H,6-10,20-21,23,25-26H2,1-5H3,(H2,41,42,50);10-17,20,22-23,31,46H,6-9,18-19,21,24-25H2,1-5H3,(H2,40,41,49);8-13,16,18-21,31,46H,4-7,14-15,17,22-23H2,1-3H3,(H2,40,41,49)/t33-;2*31-/m000/s1. The van der Waals surface area contributed by atoms with Crippen molar-refractivity contribution in [2.45, 2.75) is 217 Å². The molecule has 9 N–H and O–H groups in total. The number of ether oxygens (including phenoxy) is 2.